The Balaban J connectivity index is 1.38. The number of aryl methyl sites for hydroxylation is 1. The van der Waals surface area contributed by atoms with Crippen molar-refractivity contribution in [1.29, 1.82) is 0 Å². The molecule has 0 atom stereocenters. The monoisotopic (exact) mass is 454 g/mol. The largest absolute Gasteiger partial charge is 0.378 e. The van der Waals surface area contributed by atoms with E-state index in [-0.39, 0.29) is 5.56 Å². The van der Waals surface area contributed by atoms with Crippen LogP contribution in [0.15, 0.2) is 77.6 Å². The number of morpholine rings is 1. The highest BCUT2D eigenvalue weighted by atomic mass is 16.5. The van der Waals surface area contributed by atoms with E-state index in [2.05, 4.69) is 65.3 Å². The lowest BCUT2D eigenvalue weighted by molar-refractivity contribution is 0.122. The van der Waals surface area contributed by atoms with Crippen molar-refractivity contribution in [2.24, 2.45) is 0 Å². The number of benzene rings is 3. The normalized spacial score (nSPS) is 14.1. The van der Waals surface area contributed by atoms with E-state index in [1.807, 2.05) is 31.3 Å². The van der Waals surface area contributed by atoms with Crippen LogP contribution in [0, 0.1) is 6.92 Å². The second kappa shape index (κ2) is 9.79. The fourth-order valence-corrected chi connectivity index (χ4v) is 4.48. The van der Waals surface area contributed by atoms with Gasteiger partial charge in [-0.3, -0.25) is 9.69 Å². The Morgan fingerprint density at radius 1 is 0.912 bits per heavy atom. The fraction of sp³-hybridized carbons (Fsp3) is 0.286. The summed E-state index contributed by atoms with van der Waals surface area (Å²) in [5, 5.41) is 6.38. The van der Waals surface area contributed by atoms with E-state index in [0.717, 1.165) is 49.5 Å². The highest BCUT2D eigenvalue weighted by Gasteiger charge is 2.14. The number of fused-ring (bicyclic) bond motifs is 1. The van der Waals surface area contributed by atoms with Crippen LogP contribution in [0.4, 0.5) is 5.69 Å². The van der Waals surface area contributed by atoms with Gasteiger partial charge in [0.25, 0.3) is 5.56 Å². The SMILES string of the molecule is Cc1ccc(-c2nn(CN(C)Cc3ccc(N4CCOCC4)cc3)c(=O)c3ccccc23)cc1. The van der Waals surface area contributed by atoms with Crippen LogP contribution in [0.2, 0.25) is 0 Å². The minimum atomic E-state index is -0.0685. The van der Waals surface area contributed by atoms with Crippen molar-refractivity contribution in [3.05, 3.63) is 94.3 Å². The number of hydrogen-bond acceptors (Lipinski definition) is 5. The molecule has 2 heterocycles. The first kappa shape index (κ1) is 22.3. The maximum absolute atomic E-state index is 13.2. The summed E-state index contributed by atoms with van der Waals surface area (Å²) in [5.41, 5.74) is 5.40. The van der Waals surface area contributed by atoms with E-state index < -0.39 is 0 Å². The standard InChI is InChI=1S/C28H30N4O2/c1-21-7-11-23(12-8-21)27-25-5-3-4-6-26(25)28(33)32(29-27)20-30(2)19-22-9-13-24(14-10-22)31-15-17-34-18-16-31/h3-14H,15-20H2,1-2H3. The summed E-state index contributed by atoms with van der Waals surface area (Å²) in [6.07, 6.45) is 0. The van der Waals surface area contributed by atoms with Gasteiger partial charge in [-0.05, 0) is 37.7 Å². The Morgan fingerprint density at radius 2 is 1.59 bits per heavy atom. The van der Waals surface area contributed by atoms with E-state index in [1.54, 1.807) is 4.68 Å². The first-order valence-corrected chi connectivity index (χ1v) is 11.8. The zero-order chi connectivity index (χ0) is 23.5. The molecule has 1 aliphatic heterocycles. The lowest BCUT2D eigenvalue weighted by Crippen LogP contribution is -2.36. The molecule has 6 nitrogen and oxygen atoms in total. The molecule has 1 aromatic heterocycles. The van der Waals surface area contributed by atoms with Crippen LogP contribution in [-0.4, -0.2) is 48.0 Å². The van der Waals surface area contributed by atoms with Crippen molar-refractivity contribution >= 4 is 16.5 Å². The van der Waals surface area contributed by atoms with Gasteiger partial charge in [-0.25, -0.2) is 4.68 Å². The lowest BCUT2D eigenvalue weighted by atomic mass is 10.0. The predicted octanol–water partition coefficient (Wildman–Crippen LogP) is 4.30. The molecule has 0 aliphatic carbocycles. The maximum Gasteiger partial charge on any atom is 0.275 e. The van der Waals surface area contributed by atoms with Crippen molar-refractivity contribution in [3.8, 4) is 11.3 Å². The molecule has 6 heteroatoms. The molecule has 1 aliphatic rings. The summed E-state index contributed by atoms with van der Waals surface area (Å²) in [4.78, 5) is 17.7. The molecule has 0 amide bonds. The Labute approximate surface area is 200 Å². The molecule has 1 saturated heterocycles. The highest BCUT2D eigenvalue weighted by molar-refractivity contribution is 5.93. The summed E-state index contributed by atoms with van der Waals surface area (Å²) in [6.45, 7) is 6.63. The highest BCUT2D eigenvalue weighted by Crippen LogP contribution is 2.25. The second-order valence-electron chi connectivity index (χ2n) is 8.99. The van der Waals surface area contributed by atoms with Crippen LogP contribution in [0.1, 0.15) is 11.1 Å². The van der Waals surface area contributed by atoms with Crippen LogP contribution < -0.4 is 10.5 Å². The molecule has 5 rings (SSSR count). The number of hydrogen-bond donors (Lipinski definition) is 0. The topological polar surface area (TPSA) is 50.6 Å². The third kappa shape index (κ3) is 4.74. The zero-order valence-electron chi connectivity index (χ0n) is 19.8. The van der Waals surface area contributed by atoms with Crippen LogP contribution in [0.5, 0.6) is 0 Å². The average molecular weight is 455 g/mol. The molecule has 174 valence electrons. The van der Waals surface area contributed by atoms with Gasteiger partial charge in [0.1, 0.15) is 0 Å². The molecule has 0 unspecified atom stereocenters. The van der Waals surface area contributed by atoms with Crippen molar-refractivity contribution in [2.75, 3.05) is 38.3 Å². The number of rotatable bonds is 6. The fourth-order valence-electron chi connectivity index (χ4n) is 4.48. The summed E-state index contributed by atoms with van der Waals surface area (Å²) >= 11 is 0. The quantitative estimate of drug-likeness (QED) is 0.435. The first-order chi connectivity index (χ1) is 16.6. The molecule has 0 N–H and O–H groups in total. The predicted molar refractivity (Wildman–Crippen MR) is 137 cm³/mol. The Bertz CT molecular complexity index is 1320. The lowest BCUT2D eigenvalue weighted by Gasteiger charge is -2.29. The molecule has 0 bridgehead atoms. The number of nitrogens with zero attached hydrogens (tertiary/aromatic N) is 4. The van der Waals surface area contributed by atoms with Crippen molar-refractivity contribution in [2.45, 2.75) is 20.1 Å². The van der Waals surface area contributed by atoms with E-state index in [1.165, 1.54) is 16.8 Å². The average Bonchev–Trinajstić information content (AvgIpc) is 2.87. The summed E-state index contributed by atoms with van der Waals surface area (Å²) in [5.74, 6) is 0. The molecule has 0 radical (unpaired) electrons. The van der Waals surface area contributed by atoms with Gasteiger partial charge in [0.15, 0.2) is 0 Å². The van der Waals surface area contributed by atoms with Gasteiger partial charge in [0, 0.05) is 36.3 Å². The molecular weight excluding hydrogens is 424 g/mol. The van der Waals surface area contributed by atoms with Gasteiger partial charge < -0.3 is 9.64 Å². The summed E-state index contributed by atoms with van der Waals surface area (Å²) in [7, 11) is 2.02. The molecule has 34 heavy (non-hydrogen) atoms. The van der Waals surface area contributed by atoms with E-state index in [4.69, 9.17) is 9.84 Å². The van der Waals surface area contributed by atoms with Gasteiger partial charge in [-0.2, -0.15) is 5.10 Å². The van der Waals surface area contributed by atoms with Gasteiger partial charge >= 0.3 is 0 Å². The Hall–Kier alpha value is -3.48. The third-order valence-corrected chi connectivity index (χ3v) is 6.33. The molecule has 0 saturated carbocycles. The van der Waals surface area contributed by atoms with Crippen LogP contribution in [0.3, 0.4) is 0 Å². The second-order valence-corrected chi connectivity index (χ2v) is 8.99. The Kier molecular flexibility index (Phi) is 6.43. The number of aromatic nitrogens is 2. The Morgan fingerprint density at radius 3 is 2.29 bits per heavy atom. The van der Waals surface area contributed by atoms with Gasteiger partial charge in [0.2, 0.25) is 0 Å². The van der Waals surface area contributed by atoms with Crippen molar-refractivity contribution < 1.29 is 4.74 Å². The third-order valence-electron chi connectivity index (χ3n) is 6.33. The van der Waals surface area contributed by atoms with Gasteiger partial charge in [-0.1, -0.05) is 60.2 Å². The van der Waals surface area contributed by atoms with Crippen LogP contribution in [0.25, 0.3) is 22.0 Å². The first-order valence-electron chi connectivity index (χ1n) is 11.8. The van der Waals surface area contributed by atoms with Crippen LogP contribution in [-0.2, 0) is 18.0 Å². The molecule has 4 aromatic rings. The van der Waals surface area contributed by atoms with E-state index in [0.29, 0.717) is 12.1 Å². The van der Waals surface area contributed by atoms with Crippen molar-refractivity contribution in [1.82, 2.24) is 14.7 Å². The van der Waals surface area contributed by atoms with Gasteiger partial charge in [-0.15, -0.1) is 0 Å². The minimum absolute atomic E-state index is 0.0685. The zero-order valence-corrected chi connectivity index (χ0v) is 19.8. The smallest absolute Gasteiger partial charge is 0.275 e. The van der Waals surface area contributed by atoms with Crippen LogP contribution >= 0.6 is 0 Å². The summed E-state index contributed by atoms with van der Waals surface area (Å²) < 4.78 is 7.03. The van der Waals surface area contributed by atoms with E-state index in [9.17, 15) is 4.79 Å². The van der Waals surface area contributed by atoms with Gasteiger partial charge in [0.05, 0.1) is 31.0 Å². The number of ether oxygens (including phenoxy) is 1. The molecule has 1 fully saturated rings. The molecule has 3 aromatic carbocycles. The maximum atomic E-state index is 13.2. The van der Waals surface area contributed by atoms with E-state index >= 15 is 0 Å². The van der Waals surface area contributed by atoms with Crippen molar-refractivity contribution in [3.63, 3.8) is 0 Å². The summed E-state index contributed by atoms with van der Waals surface area (Å²) in [6, 6.07) is 24.7. The minimum Gasteiger partial charge on any atom is -0.378 e. The molecular formula is C28H30N4O2. The molecule has 0 spiro atoms. The number of anilines is 1.